The number of pyridine rings is 1. The summed E-state index contributed by atoms with van der Waals surface area (Å²) in [6, 6.07) is 10.9. The summed E-state index contributed by atoms with van der Waals surface area (Å²) in [4.78, 5) is 30.2. The number of halogens is 3. The Bertz CT molecular complexity index is 1800. The Balaban J connectivity index is 1.31. The molecule has 234 valence electrons. The SMILES string of the molecule is C=CC(=O)N1CC[C@@H](C)[C@@H](Nc2nc(OC[C@@]34CCCN3C[C@H](F)C4)nc3c(F)c(-c4cccc5cccc(Cl)c45)ncc23)C1. The van der Waals surface area contributed by atoms with E-state index in [1.807, 2.05) is 24.3 Å². The molecule has 3 aliphatic rings. The summed E-state index contributed by atoms with van der Waals surface area (Å²) < 4.78 is 37.3. The number of piperidine rings is 1. The minimum absolute atomic E-state index is 0.00280. The maximum atomic E-state index is 16.6. The fourth-order valence-corrected chi connectivity index (χ4v) is 7.58. The van der Waals surface area contributed by atoms with Crippen molar-refractivity contribution < 1.29 is 18.3 Å². The molecular weight excluding hydrogens is 598 g/mol. The van der Waals surface area contributed by atoms with Crippen LogP contribution >= 0.6 is 11.6 Å². The number of alkyl halides is 1. The van der Waals surface area contributed by atoms with Crippen LogP contribution in [0.15, 0.2) is 55.3 Å². The van der Waals surface area contributed by atoms with E-state index in [9.17, 15) is 9.18 Å². The summed E-state index contributed by atoms with van der Waals surface area (Å²) in [6.45, 7) is 8.23. The van der Waals surface area contributed by atoms with Crippen molar-refractivity contribution in [3.05, 3.63) is 66.1 Å². The van der Waals surface area contributed by atoms with E-state index in [1.54, 1.807) is 23.2 Å². The summed E-state index contributed by atoms with van der Waals surface area (Å²) in [7, 11) is 0. The zero-order chi connectivity index (χ0) is 31.3. The molecule has 2 aromatic carbocycles. The molecule has 5 heterocycles. The summed E-state index contributed by atoms with van der Waals surface area (Å²) in [5.74, 6) is -0.196. The predicted molar refractivity (Wildman–Crippen MR) is 172 cm³/mol. The van der Waals surface area contributed by atoms with Gasteiger partial charge in [0.1, 0.15) is 29.8 Å². The number of rotatable bonds is 7. The van der Waals surface area contributed by atoms with Crippen LogP contribution in [0.2, 0.25) is 5.02 Å². The van der Waals surface area contributed by atoms with Crippen molar-refractivity contribution >= 4 is 45.0 Å². The number of carbonyl (C=O) groups is 1. The highest BCUT2D eigenvalue weighted by atomic mass is 35.5. The van der Waals surface area contributed by atoms with Gasteiger partial charge in [-0.1, -0.05) is 55.4 Å². The van der Waals surface area contributed by atoms with Crippen LogP contribution in [0.1, 0.15) is 32.6 Å². The second kappa shape index (κ2) is 11.8. The molecule has 0 aliphatic carbocycles. The fourth-order valence-electron chi connectivity index (χ4n) is 7.30. The molecule has 11 heteroatoms. The summed E-state index contributed by atoms with van der Waals surface area (Å²) in [6.07, 6.45) is 4.94. The maximum absolute atomic E-state index is 16.6. The van der Waals surface area contributed by atoms with Gasteiger partial charge in [-0.15, -0.1) is 0 Å². The van der Waals surface area contributed by atoms with Gasteiger partial charge in [-0.2, -0.15) is 9.97 Å². The Morgan fingerprint density at radius 3 is 2.87 bits per heavy atom. The van der Waals surface area contributed by atoms with Crippen molar-refractivity contribution in [1.82, 2.24) is 24.8 Å². The Labute approximate surface area is 265 Å². The Hall–Kier alpha value is -3.89. The van der Waals surface area contributed by atoms with Crippen molar-refractivity contribution in [3.8, 4) is 17.3 Å². The Morgan fingerprint density at radius 2 is 2.04 bits per heavy atom. The zero-order valence-electron chi connectivity index (χ0n) is 25.1. The normalized spacial score (nSPS) is 25.1. The largest absolute Gasteiger partial charge is 0.461 e. The van der Waals surface area contributed by atoms with Gasteiger partial charge in [0.15, 0.2) is 5.82 Å². The van der Waals surface area contributed by atoms with Gasteiger partial charge in [0, 0.05) is 54.3 Å². The number of nitrogens with zero attached hydrogens (tertiary/aromatic N) is 5. The van der Waals surface area contributed by atoms with Gasteiger partial charge < -0.3 is 15.0 Å². The lowest BCUT2D eigenvalue weighted by Crippen LogP contribution is -2.48. The lowest BCUT2D eigenvalue weighted by atomic mass is 9.93. The number of nitrogens with one attached hydrogen (secondary N) is 1. The second-order valence-electron chi connectivity index (χ2n) is 12.6. The molecule has 2 aromatic heterocycles. The van der Waals surface area contributed by atoms with Crippen LogP contribution in [0, 0.1) is 11.7 Å². The summed E-state index contributed by atoms with van der Waals surface area (Å²) in [5, 5.41) is 5.91. The van der Waals surface area contributed by atoms with Crippen molar-refractivity contribution in [2.75, 3.05) is 38.1 Å². The number of aromatic nitrogens is 3. The highest BCUT2D eigenvalue weighted by Gasteiger charge is 2.49. The van der Waals surface area contributed by atoms with E-state index in [4.69, 9.17) is 21.3 Å². The van der Waals surface area contributed by atoms with E-state index >= 15 is 4.39 Å². The second-order valence-corrected chi connectivity index (χ2v) is 13.0. The number of carbonyl (C=O) groups excluding carboxylic acids is 1. The monoisotopic (exact) mass is 632 g/mol. The molecule has 0 saturated carbocycles. The molecule has 3 fully saturated rings. The van der Waals surface area contributed by atoms with E-state index in [0.717, 1.165) is 31.2 Å². The van der Waals surface area contributed by atoms with Crippen molar-refractivity contribution in [1.29, 1.82) is 0 Å². The van der Waals surface area contributed by atoms with Crippen LogP contribution in [-0.4, -0.2) is 81.2 Å². The third-order valence-corrected chi connectivity index (χ3v) is 10.1. The number of benzene rings is 2. The van der Waals surface area contributed by atoms with Crippen LogP contribution in [-0.2, 0) is 4.79 Å². The molecule has 1 N–H and O–H groups in total. The minimum atomic E-state index is -0.906. The molecule has 0 radical (unpaired) electrons. The molecule has 3 aliphatic heterocycles. The van der Waals surface area contributed by atoms with E-state index in [2.05, 4.69) is 33.7 Å². The van der Waals surface area contributed by atoms with Gasteiger partial charge in [0.2, 0.25) is 5.91 Å². The van der Waals surface area contributed by atoms with Crippen LogP contribution in [0.3, 0.4) is 0 Å². The van der Waals surface area contributed by atoms with E-state index in [1.165, 1.54) is 6.08 Å². The van der Waals surface area contributed by atoms with Crippen LogP contribution in [0.4, 0.5) is 14.6 Å². The quantitative estimate of drug-likeness (QED) is 0.235. The molecule has 0 unspecified atom stereocenters. The summed E-state index contributed by atoms with van der Waals surface area (Å²) in [5.41, 5.74) is 0.293. The van der Waals surface area contributed by atoms with E-state index in [-0.39, 0.29) is 41.7 Å². The summed E-state index contributed by atoms with van der Waals surface area (Å²) >= 11 is 6.59. The van der Waals surface area contributed by atoms with Gasteiger partial charge in [0.25, 0.3) is 0 Å². The van der Waals surface area contributed by atoms with E-state index < -0.39 is 17.5 Å². The van der Waals surface area contributed by atoms with Crippen LogP contribution < -0.4 is 10.1 Å². The molecule has 3 saturated heterocycles. The van der Waals surface area contributed by atoms with Gasteiger partial charge in [0.05, 0.1) is 10.9 Å². The number of fused-ring (bicyclic) bond motifs is 3. The number of likely N-dealkylation sites (tertiary alicyclic amines) is 1. The number of hydrogen-bond acceptors (Lipinski definition) is 7. The third-order valence-electron chi connectivity index (χ3n) is 9.77. The molecule has 8 nitrogen and oxygen atoms in total. The average Bonchev–Trinajstić information content (AvgIpc) is 3.56. The fraction of sp³-hybridized carbons (Fsp3) is 0.412. The molecular formula is C34H35ClF2N6O2. The third kappa shape index (κ3) is 5.37. The molecule has 1 amide bonds. The first kappa shape index (κ1) is 29.8. The molecule has 0 spiro atoms. The first-order chi connectivity index (χ1) is 21.8. The predicted octanol–water partition coefficient (Wildman–Crippen LogP) is 6.43. The first-order valence-electron chi connectivity index (χ1n) is 15.5. The highest BCUT2D eigenvalue weighted by molar-refractivity contribution is 6.36. The highest BCUT2D eigenvalue weighted by Crippen LogP contribution is 2.41. The van der Waals surface area contributed by atoms with E-state index in [0.29, 0.717) is 53.2 Å². The number of anilines is 1. The van der Waals surface area contributed by atoms with Crippen molar-refractivity contribution in [2.24, 2.45) is 5.92 Å². The zero-order valence-corrected chi connectivity index (χ0v) is 25.9. The van der Waals surface area contributed by atoms with Gasteiger partial charge in [-0.05, 0) is 49.3 Å². The van der Waals surface area contributed by atoms with Crippen LogP contribution in [0.5, 0.6) is 6.01 Å². The van der Waals surface area contributed by atoms with Crippen molar-refractivity contribution in [2.45, 2.75) is 50.4 Å². The molecule has 45 heavy (non-hydrogen) atoms. The van der Waals surface area contributed by atoms with Gasteiger partial charge in [-0.3, -0.25) is 14.7 Å². The molecule has 4 atom stereocenters. The molecule has 0 bridgehead atoms. The first-order valence-corrected chi connectivity index (χ1v) is 15.9. The number of hydrogen-bond donors (Lipinski definition) is 1. The Kier molecular flexibility index (Phi) is 7.81. The van der Waals surface area contributed by atoms with Gasteiger partial charge in [-0.25, -0.2) is 8.78 Å². The average molecular weight is 633 g/mol. The Morgan fingerprint density at radius 1 is 1.22 bits per heavy atom. The lowest BCUT2D eigenvalue weighted by molar-refractivity contribution is -0.127. The smallest absolute Gasteiger partial charge is 0.319 e. The lowest BCUT2D eigenvalue weighted by Gasteiger charge is -2.37. The van der Waals surface area contributed by atoms with Crippen molar-refractivity contribution in [3.63, 3.8) is 0 Å². The number of amides is 1. The standard InChI is InChI=1S/C34H35ClF2N6O2/c1-3-27(44)42-14-11-20(2)26(18-42)39-32-24-16-38-30(23-9-4-7-21-8-5-10-25(35)28(21)23)29(37)31(24)40-33(41-32)45-19-34-12-6-13-43(34)17-22(36)15-34/h3-5,7-10,16,20,22,26H,1,6,11-15,17-19H2,2H3,(H,39,40,41)/t20-,22-,26+,34+/m1/s1. The number of ether oxygens (including phenoxy) is 1. The molecule has 7 rings (SSSR count). The van der Waals surface area contributed by atoms with Crippen LogP contribution in [0.25, 0.3) is 32.9 Å². The minimum Gasteiger partial charge on any atom is -0.461 e. The van der Waals surface area contributed by atoms with Gasteiger partial charge >= 0.3 is 6.01 Å². The maximum Gasteiger partial charge on any atom is 0.319 e. The molecule has 4 aromatic rings. The topological polar surface area (TPSA) is 83.5 Å².